The summed E-state index contributed by atoms with van der Waals surface area (Å²) in [6, 6.07) is 0.660. The SMILES string of the molecule is O=S(=O)(Cl)c1nc(Cl)cc(C(F)F)c1O. The second-order valence-electron chi connectivity index (χ2n) is 2.43. The van der Waals surface area contributed by atoms with E-state index in [1.165, 1.54) is 0 Å². The number of aromatic nitrogens is 1. The molecule has 0 spiro atoms. The van der Waals surface area contributed by atoms with Crippen molar-refractivity contribution in [3.63, 3.8) is 0 Å². The largest absolute Gasteiger partial charge is 0.505 e. The van der Waals surface area contributed by atoms with Crippen LogP contribution in [0.15, 0.2) is 11.1 Å². The van der Waals surface area contributed by atoms with Gasteiger partial charge in [-0.25, -0.2) is 22.2 Å². The highest BCUT2D eigenvalue weighted by molar-refractivity contribution is 8.13. The van der Waals surface area contributed by atoms with Gasteiger partial charge in [0.1, 0.15) is 5.15 Å². The molecule has 0 aliphatic carbocycles. The zero-order valence-electron chi connectivity index (χ0n) is 6.79. The molecule has 0 bridgehead atoms. The molecule has 0 amide bonds. The summed E-state index contributed by atoms with van der Waals surface area (Å²) in [7, 11) is 0.440. The van der Waals surface area contributed by atoms with Gasteiger partial charge < -0.3 is 5.11 Å². The number of alkyl halides is 2. The summed E-state index contributed by atoms with van der Waals surface area (Å²) >= 11 is 5.29. The third kappa shape index (κ3) is 2.67. The van der Waals surface area contributed by atoms with Crippen LogP contribution in [0.3, 0.4) is 0 Å². The highest BCUT2D eigenvalue weighted by Gasteiger charge is 2.25. The summed E-state index contributed by atoms with van der Waals surface area (Å²) in [6.07, 6.45) is -3.08. The quantitative estimate of drug-likeness (QED) is 0.665. The van der Waals surface area contributed by atoms with Crippen LogP contribution < -0.4 is 0 Å². The van der Waals surface area contributed by atoms with Gasteiger partial charge in [-0.1, -0.05) is 11.6 Å². The van der Waals surface area contributed by atoms with Gasteiger partial charge in [0, 0.05) is 10.7 Å². The lowest BCUT2D eigenvalue weighted by molar-refractivity contribution is 0.146. The van der Waals surface area contributed by atoms with E-state index in [-0.39, 0.29) is 0 Å². The van der Waals surface area contributed by atoms with Gasteiger partial charge in [0.05, 0.1) is 5.56 Å². The van der Waals surface area contributed by atoms with Gasteiger partial charge in [0.25, 0.3) is 15.5 Å². The standard InChI is InChI=1S/C6H3Cl2F2NO3S/c7-3-1-2(5(9)10)4(12)6(11-3)15(8,13)14/h1,5,12H. The van der Waals surface area contributed by atoms with Crippen LogP contribution in [0, 0.1) is 0 Å². The van der Waals surface area contributed by atoms with Crippen LogP contribution in [0.1, 0.15) is 12.0 Å². The van der Waals surface area contributed by atoms with Gasteiger partial charge >= 0.3 is 0 Å². The third-order valence-corrected chi connectivity index (χ3v) is 2.80. The average Bonchev–Trinajstić information content (AvgIpc) is 2.06. The van der Waals surface area contributed by atoms with Crippen LogP contribution in [0.4, 0.5) is 8.78 Å². The van der Waals surface area contributed by atoms with Gasteiger partial charge in [-0.05, 0) is 6.07 Å². The molecule has 1 aromatic heterocycles. The summed E-state index contributed by atoms with van der Waals surface area (Å²) < 4.78 is 46.2. The predicted molar refractivity (Wildman–Crippen MR) is 48.9 cm³/mol. The molecule has 0 fully saturated rings. The Kier molecular flexibility index (Phi) is 3.37. The first-order chi connectivity index (χ1) is 6.73. The van der Waals surface area contributed by atoms with Gasteiger partial charge in [0.2, 0.25) is 5.03 Å². The fourth-order valence-electron chi connectivity index (χ4n) is 0.839. The van der Waals surface area contributed by atoms with E-state index in [2.05, 4.69) is 4.98 Å². The zero-order chi connectivity index (χ0) is 11.8. The van der Waals surface area contributed by atoms with Crippen LogP contribution in [0.25, 0.3) is 0 Å². The van der Waals surface area contributed by atoms with Gasteiger partial charge in [-0.3, -0.25) is 0 Å². The molecule has 0 aliphatic heterocycles. The fraction of sp³-hybridized carbons (Fsp3) is 0.167. The molecule has 1 aromatic rings. The number of nitrogens with zero attached hydrogens (tertiary/aromatic N) is 1. The predicted octanol–water partition coefficient (Wildman–Crippen LogP) is 2.31. The van der Waals surface area contributed by atoms with Crippen molar-refractivity contribution in [1.29, 1.82) is 0 Å². The normalized spacial score (nSPS) is 12.1. The Morgan fingerprint density at radius 3 is 2.40 bits per heavy atom. The van der Waals surface area contributed by atoms with E-state index in [0.717, 1.165) is 0 Å². The first-order valence-electron chi connectivity index (χ1n) is 3.35. The number of pyridine rings is 1. The van der Waals surface area contributed by atoms with Crippen molar-refractivity contribution in [3.05, 3.63) is 16.8 Å². The fourth-order valence-corrected chi connectivity index (χ4v) is 1.97. The molecule has 84 valence electrons. The van der Waals surface area contributed by atoms with E-state index in [1.54, 1.807) is 0 Å². The number of hydrogen-bond acceptors (Lipinski definition) is 4. The molecule has 1 N–H and O–H groups in total. The lowest BCUT2D eigenvalue weighted by Gasteiger charge is -2.06. The van der Waals surface area contributed by atoms with Crippen molar-refractivity contribution >= 4 is 31.3 Å². The maximum Gasteiger partial charge on any atom is 0.282 e. The molecule has 0 saturated carbocycles. The molecule has 0 aromatic carbocycles. The highest BCUT2D eigenvalue weighted by Crippen LogP contribution is 2.35. The minimum Gasteiger partial charge on any atom is -0.505 e. The Morgan fingerprint density at radius 1 is 1.47 bits per heavy atom. The molecule has 0 atom stereocenters. The van der Waals surface area contributed by atoms with Crippen molar-refractivity contribution in [3.8, 4) is 5.75 Å². The Morgan fingerprint density at radius 2 is 2.00 bits per heavy atom. The first kappa shape index (κ1) is 12.4. The van der Waals surface area contributed by atoms with E-state index in [0.29, 0.717) is 6.07 Å². The Labute approximate surface area is 92.9 Å². The molecule has 9 heteroatoms. The molecule has 0 radical (unpaired) electrons. The maximum atomic E-state index is 12.3. The van der Waals surface area contributed by atoms with Gasteiger partial charge in [-0.15, -0.1) is 0 Å². The van der Waals surface area contributed by atoms with Crippen LogP contribution in [-0.2, 0) is 9.05 Å². The van der Waals surface area contributed by atoms with E-state index in [1.807, 2.05) is 0 Å². The molecular weight excluding hydrogens is 275 g/mol. The molecule has 1 heterocycles. The molecule has 0 saturated heterocycles. The van der Waals surface area contributed by atoms with Crippen LogP contribution in [-0.4, -0.2) is 18.5 Å². The van der Waals surface area contributed by atoms with Crippen LogP contribution in [0.2, 0.25) is 5.15 Å². The second-order valence-corrected chi connectivity index (χ2v) is 5.29. The van der Waals surface area contributed by atoms with E-state index < -0.39 is 37.0 Å². The van der Waals surface area contributed by atoms with Gasteiger partial charge in [-0.2, -0.15) is 0 Å². The lowest BCUT2D eigenvalue weighted by Crippen LogP contribution is -1.99. The molecule has 4 nitrogen and oxygen atoms in total. The number of hydrogen-bond donors (Lipinski definition) is 1. The Balaban J connectivity index is 3.56. The van der Waals surface area contributed by atoms with E-state index in [4.69, 9.17) is 27.4 Å². The molecule has 0 aliphatic rings. The first-order valence-corrected chi connectivity index (χ1v) is 6.04. The molecular formula is C6H3Cl2F2NO3S. The summed E-state index contributed by atoms with van der Waals surface area (Å²) in [6.45, 7) is 0. The van der Waals surface area contributed by atoms with Crippen LogP contribution in [0.5, 0.6) is 5.75 Å². The maximum absolute atomic E-state index is 12.3. The topological polar surface area (TPSA) is 67.3 Å². The lowest BCUT2D eigenvalue weighted by atomic mass is 10.2. The minimum absolute atomic E-state index is 0.498. The van der Waals surface area contributed by atoms with Crippen molar-refractivity contribution in [2.75, 3.05) is 0 Å². The molecule has 15 heavy (non-hydrogen) atoms. The summed E-state index contributed by atoms with van der Waals surface area (Å²) in [4.78, 5) is 3.15. The Hall–Kier alpha value is -0.660. The minimum atomic E-state index is -4.42. The summed E-state index contributed by atoms with van der Waals surface area (Å²) in [5.74, 6) is -1.19. The number of aromatic hydroxyl groups is 1. The van der Waals surface area contributed by atoms with E-state index in [9.17, 15) is 17.2 Å². The van der Waals surface area contributed by atoms with Crippen molar-refractivity contribution in [1.82, 2.24) is 4.98 Å². The van der Waals surface area contributed by atoms with Crippen molar-refractivity contribution < 1.29 is 22.3 Å². The zero-order valence-corrected chi connectivity index (χ0v) is 9.11. The average molecular weight is 278 g/mol. The molecule has 0 unspecified atom stereocenters. The second kappa shape index (κ2) is 4.07. The van der Waals surface area contributed by atoms with Crippen molar-refractivity contribution in [2.45, 2.75) is 11.5 Å². The summed E-state index contributed by atoms with van der Waals surface area (Å²) in [5.41, 5.74) is -0.936. The Bertz CT molecular complexity index is 491. The van der Waals surface area contributed by atoms with Gasteiger partial charge in [0.15, 0.2) is 5.75 Å². The number of rotatable bonds is 2. The molecule has 1 rings (SSSR count). The summed E-state index contributed by atoms with van der Waals surface area (Å²) in [5, 5.41) is 7.58. The third-order valence-electron chi connectivity index (χ3n) is 1.43. The number of halogens is 4. The smallest absolute Gasteiger partial charge is 0.282 e. The highest BCUT2D eigenvalue weighted by atomic mass is 35.7. The van der Waals surface area contributed by atoms with Crippen molar-refractivity contribution in [2.24, 2.45) is 0 Å². The van der Waals surface area contributed by atoms with E-state index >= 15 is 0 Å². The monoisotopic (exact) mass is 277 g/mol. The van der Waals surface area contributed by atoms with Crippen LogP contribution >= 0.6 is 22.3 Å².